The quantitative estimate of drug-likeness (QED) is 0.173. The number of carbonyl (C=O) groups is 4. The summed E-state index contributed by atoms with van der Waals surface area (Å²) >= 11 is 3.66. The molecule has 0 aliphatic carbocycles. The van der Waals surface area contributed by atoms with Crippen LogP contribution in [0.3, 0.4) is 0 Å². The van der Waals surface area contributed by atoms with Crippen LogP contribution in [0.4, 0.5) is 11.4 Å². The normalized spacial score (nSPS) is 29.4. The Hall–Kier alpha value is -4.00. The molecule has 4 aliphatic heterocycles. The van der Waals surface area contributed by atoms with E-state index in [1.165, 1.54) is 0 Å². The number of likely N-dealkylation sites (tertiary alicyclic amines) is 1. The summed E-state index contributed by atoms with van der Waals surface area (Å²) in [6.45, 7) is 8.32. The highest BCUT2D eigenvalue weighted by Gasteiger charge is 2.75. The van der Waals surface area contributed by atoms with Gasteiger partial charge in [-0.3, -0.25) is 19.2 Å². The molecule has 5 bridgehead atoms. The van der Waals surface area contributed by atoms with Gasteiger partial charge in [-0.25, -0.2) is 0 Å². The van der Waals surface area contributed by atoms with Crippen molar-refractivity contribution in [2.45, 2.75) is 89.2 Å². The summed E-state index contributed by atoms with van der Waals surface area (Å²) in [6, 6.07) is 15.6. The molecule has 3 amide bonds. The van der Waals surface area contributed by atoms with Crippen LogP contribution in [0.15, 0.2) is 77.3 Å². The molecule has 7 atom stereocenters. The molecule has 12 heteroatoms. The molecule has 2 saturated heterocycles. The Morgan fingerprint density at radius 3 is 2.30 bits per heavy atom. The van der Waals surface area contributed by atoms with Gasteiger partial charge in [0, 0.05) is 62.1 Å². The Bertz CT molecular complexity index is 1730. The SMILES string of the molecule is CCN(CC)c1ccc(N2C/C=C\CCC(=O)N(C)[C@@H](C)[C@H](c3ccccc3)OC(=O)[C@H]3[C@@H]4O[C@@]5(C=C4Br)[C@@H]3C(=O)N(CCCCCCO)[C@@H]5C2=O)cc1. The highest BCUT2D eigenvalue weighted by molar-refractivity contribution is 9.11. The lowest BCUT2D eigenvalue weighted by molar-refractivity contribution is -0.164. The van der Waals surface area contributed by atoms with E-state index < -0.39 is 47.7 Å². The average Bonchev–Trinajstić information content (AvgIpc) is 3.78. The molecule has 0 saturated carbocycles. The number of aliphatic hydroxyl groups excluding tert-OH is 1. The third-order valence-electron chi connectivity index (χ3n) is 11.6. The number of esters is 1. The fourth-order valence-electron chi connectivity index (χ4n) is 8.56. The topological polar surface area (TPSA) is 120 Å². The summed E-state index contributed by atoms with van der Waals surface area (Å²) in [4.78, 5) is 65.3. The molecule has 0 unspecified atom stereocenters. The van der Waals surface area contributed by atoms with E-state index >= 15 is 4.79 Å². The van der Waals surface area contributed by atoms with E-state index in [1.807, 2.05) is 79.7 Å². The molecule has 2 fully saturated rings. The van der Waals surface area contributed by atoms with Crippen LogP contribution in [0.2, 0.25) is 0 Å². The van der Waals surface area contributed by atoms with E-state index in [4.69, 9.17) is 9.47 Å². The summed E-state index contributed by atoms with van der Waals surface area (Å²) in [5.74, 6) is -3.37. The van der Waals surface area contributed by atoms with Crippen molar-refractivity contribution in [1.29, 1.82) is 0 Å². The van der Waals surface area contributed by atoms with Gasteiger partial charge >= 0.3 is 5.97 Å². The average molecular weight is 806 g/mol. The maximum Gasteiger partial charge on any atom is 0.313 e. The largest absolute Gasteiger partial charge is 0.455 e. The number of carbonyl (C=O) groups excluding carboxylic acids is 4. The van der Waals surface area contributed by atoms with Gasteiger partial charge in [0.2, 0.25) is 11.8 Å². The van der Waals surface area contributed by atoms with E-state index in [1.54, 1.807) is 21.7 Å². The van der Waals surface area contributed by atoms with E-state index in [0.29, 0.717) is 36.0 Å². The molecule has 11 nitrogen and oxygen atoms in total. The molecular formula is C42H53BrN4O7. The van der Waals surface area contributed by atoms with Crippen LogP contribution in [0.1, 0.15) is 71.0 Å². The van der Waals surface area contributed by atoms with Crippen molar-refractivity contribution < 1.29 is 33.8 Å². The van der Waals surface area contributed by atoms with Crippen LogP contribution in [0.25, 0.3) is 0 Å². The molecular weight excluding hydrogens is 752 g/mol. The smallest absolute Gasteiger partial charge is 0.313 e. The Morgan fingerprint density at radius 1 is 0.907 bits per heavy atom. The third-order valence-corrected chi connectivity index (χ3v) is 12.3. The summed E-state index contributed by atoms with van der Waals surface area (Å²) < 4.78 is 13.7. The number of cyclic esters (lactones) is 1. The first-order chi connectivity index (χ1) is 26.1. The van der Waals surface area contributed by atoms with Gasteiger partial charge in [-0.2, -0.15) is 0 Å². The van der Waals surface area contributed by atoms with E-state index in [-0.39, 0.29) is 37.3 Å². The van der Waals surface area contributed by atoms with E-state index in [9.17, 15) is 19.5 Å². The van der Waals surface area contributed by atoms with Crippen molar-refractivity contribution in [3.05, 3.63) is 82.9 Å². The predicted molar refractivity (Wildman–Crippen MR) is 211 cm³/mol. The second-order valence-electron chi connectivity index (χ2n) is 14.7. The van der Waals surface area contributed by atoms with E-state index in [2.05, 4.69) is 34.7 Å². The first-order valence-corrected chi connectivity index (χ1v) is 20.2. The third kappa shape index (κ3) is 7.49. The number of benzene rings is 2. The Morgan fingerprint density at radius 2 is 1.61 bits per heavy atom. The van der Waals surface area contributed by atoms with Crippen molar-refractivity contribution in [2.24, 2.45) is 11.8 Å². The zero-order chi connectivity index (χ0) is 38.6. The number of likely N-dealkylation sites (N-methyl/N-ethyl adjacent to an activating group) is 1. The molecule has 4 heterocycles. The minimum atomic E-state index is -1.41. The molecule has 2 aromatic rings. The summed E-state index contributed by atoms with van der Waals surface area (Å²) in [6.07, 6.45) is 7.52. The number of anilines is 2. The number of rotatable bonds is 11. The van der Waals surface area contributed by atoms with Gasteiger partial charge in [-0.15, -0.1) is 0 Å². The molecule has 54 heavy (non-hydrogen) atoms. The number of aliphatic hydroxyl groups is 1. The summed E-state index contributed by atoms with van der Waals surface area (Å²) in [5, 5.41) is 9.36. The molecule has 4 aliphatic rings. The monoisotopic (exact) mass is 804 g/mol. The van der Waals surface area contributed by atoms with Gasteiger partial charge in [-0.05, 0) is 75.9 Å². The highest BCUT2D eigenvalue weighted by atomic mass is 79.9. The fraction of sp³-hybridized carbons (Fsp3) is 0.524. The number of hydrogen-bond acceptors (Lipinski definition) is 8. The Kier molecular flexibility index (Phi) is 12.6. The first kappa shape index (κ1) is 39.7. The van der Waals surface area contributed by atoms with Gasteiger partial charge in [0.05, 0.1) is 12.0 Å². The minimum absolute atomic E-state index is 0.0921. The minimum Gasteiger partial charge on any atom is -0.455 e. The van der Waals surface area contributed by atoms with Crippen molar-refractivity contribution in [1.82, 2.24) is 9.80 Å². The van der Waals surface area contributed by atoms with E-state index in [0.717, 1.165) is 37.2 Å². The van der Waals surface area contributed by atoms with Crippen molar-refractivity contribution in [3.63, 3.8) is 0 Å². The number of hydrogen-bond donors (Lipinski definition) is 1. The molecule has 2 aromatic carbocycles. The number of nitrogens with zero attached hydrogens (tertiary/aromatic N) is 4. The lowest BCUT2D eigenvalue weighted by atomic mass is 9.74. The zero-order valence-electron chi connectivity index (χ0n) is 31.7. The van der Waals surface area contributed by atoms with Crippen molar-refractivity contribution in [3.8, 4) is 0 Å². The van der Waals surface area contributed by atoms with Crippen LogP contribution in [0, 0.1) is 11.8 Å². The standard InChI is InChI=1S/C42H53BrN4O7/c1-5-45(6-2)30-20-22-31(23-21-30)46-24-15-10-13-19-33(49)44(4)28(3)36(29-17-11-9-12-18-29)53-41(52)34-35-39(50)47(25-14-7-8-16-26-48)38(40(46)51)42(35)27-32(43)37(34)54-42/h9-12,15,17-18,20-23,27-28,34-38,48H,5-8,13-14,16,19,24-26H2,1-4H3/b15-10-/t28-,34+,35-,36+,37+,38+,42-/m0/s1. The predicted octanol–water partition coefficient (Wildman–Crippen LogP) is 5.77. The van der Waals surface area contributed by atoms with Crippen LogP contribution >= 0.6 is 15.9 Å². The van der Waals surface area contributed by atoms with Crippen LogP contribution in [-0.4, -0.2) is 102 Å². The van der Waals surface area contributed by atoms with Gasteiger partial charge < -0.3 is 34.2 Å². The second-order valence-corrected chi connectivity index (χ2v) is 15.6. The molecule has 290 valence electrons. The van der Waals surface area contributed by atoms with Gasteiger partial charge in [0.15, 0.2) is 0 Å². The van der Waals surface area contributed by atoms with Crippen molar-refractivity contribution >= 4 is 51.0 Å². The fourth-order valence-corrected chi connectivity index (χ4v) is 9.29. The molecule has 1 N–H and O–H groups in total. The Labute approximate surface area is 327 Å². The maximum absolute atomic E-state index is 15.3. The number of unbranched alkanes of at least 4 members (excludes halogenated alkanes) is 3. The van der Waals surface area contributed by atoms with Crippen LogP contribution < -0.4 is 9.80 Å². The number of amides is 3. The van der Waals surface area contributed by atoms with Crippen LogP contribution in [0.5, 0.6) is 0 Å². The number of fused-ring (bicyclic) bond motifs is 2. The summed E-state index contributed by atoms with van der Waals surface area (Å²) in [5.41, 5.74) is 1.01. The highest BCUT2D eigenvalue weighted by Crippen LogP contribution is 2.59. The van der Waals surface area contributed by atoms with Gasteiger partial charge in [-0.1, -0.05) is 71.3 Å². The molecule has 1 spiro atoms. The zero-order valence-corrected chi connectivity index (χ0v) is 33.3. The molecule has 0 radical (unpaired) electrons. The van der Waals surface area contributed by atoms with Gasteiger partial charge in [0.25, 0.3) is 5.91 Å². The summed E-state index contributed by atoms with van der Waals surface area (Å²) in [7, 11) is 1.72. The van der Waals surface area contributed by atoms with Gasteiger partial charge in [0.1, 0.15) is 29.8 Å². The first-order valence-electron chi connectivity index (χ1n) is 19.4. The lowest BCUT2D eigenvalue weighted by Crippen LogP contribution is -2.56. The number of allylic oxidation sites excluding steroid dienone is 1. The molecule has 6 rings (SSSR count). The number of halogens is 1. The maximum atomic E-state index is 15.3. The van der Waals surface area contributed by atoms with Crippen LogP contribution in [-0.2, 0) is 28.7 Å². The van der Waals surface area contributed by atoms with Crippen molar-refractivity contribution in [2.75, 3.05) is 49.6 Å². The molecule has 0 aromatic heterocycles. The lowest BCUT2D eigenvalue weighted by Gasteiger charge is -2.36. The Balaban J connectivity index is 1.44. The second kappa shape index (κ2) is 17.2. The number of ether oxygens (including phenoxy) is 2.